The van der Waals surface area contributed by atoms with Gasteiger partial charge in [0.15, 0.2) is 0 Å². The van der Waals surface area contributed by atoms with E-state index in [1.54, 1.807) is 6.26 Å². The van der Waals surface area contributed by atoms with Crippen molar-refractivity contribution in [2.24, 2.45) is 0 Å². The highest BCUT2D eigenvalue weighted by Crippen LogP contribution is 2.28. The maximum Gasteiger partial charge on any atom is 0.105 e. The normalized spacial score (nSPS) is 11.1. The van der Waals surface area contributed by atoms with Crippen molar-refractivity contribution in [3.63, 3.8) is 0 Å². The number of anilines is 1. The smallest absolute Gasteiger partial charge is 0.105 e. The van der Waals surface area contributed by atoms with Crippen LogP contribution in [0.15, 0.2) is 39.4 Å². The van der Waals surface area contributed by atoms with Crippen LogP contribution in [0.2, 0.25) is 0 Å². The number of benzene rings is 1. The van der Waals surface area contributed by atoms with E-state index in [1.807, 2.05) is 13.0 Å². The first-order chi connectivity index (χ1) is 9.97. The molecule has 0 aliphatic carbocycles. The maximum atomic E-state index is 5.36. The molecule has 114 valence electrons. The van der Waals surface area contributed by atoms with Gasteiger partial charge in [0.25, 0.3) is 0 Å². The molecule has 0 spiro atoms. The van der Waals surface area contributed by atoms with Gasteiger partial charge in [-0.15, -0.1) is 0 Å². The maximum absolute atomic E-state index is 5.36. The monoisotopic (exact) mass is 350 g/mol. The van der Waals surface area contributed by atoms with Gasteiger partial charge in [-0.3, -0.25) is 0 Å². The van der Waals surface area contributed by atoms with Gasteiger partial charge in [-0.2, -0.15) is 0 Å². The molecule has 2 rings (SSSR count). The van der Waals surface area contributed by atoms with Crippen LogP contribution in [-0.4, -0.2) is 13.1 Å². The third-order valence-corrected chi connectivity index (χ3v) is 4.15. The van der Waals surface area contributed by atoms with Gasteiger partial charge < -0.3 is 14.6 Å². The quantitative estimate of drug-likeness (QED) is 0.832. The zero-order valence-corrected chi connectivity index (χ0v) is 14.7. The van der Waals surface area contributed by atoms with Crippen molar-refractivity contribution in [3.05, 3.63) is 51.9 Å². The summed E-state index contributed by atoms with van der Waals surface area (Å²) in [6, 6.07) is 9.05. The van der Waals surface area contributed by atoms with Gasteiger partial charge in [-0.05, 0) is 46.6 Å². The molecule has 0 unspecified atom stereocenters. The third-order valence-electron chi connectivity index (χ3n) is 3.51. The number of aryl methyl sites for hydroxylation is 1. The summed E-state index contributed by atoms with van der Waals surface area (Å²) in [4.78, 5) is 2.22. The van der Waals surface area contributed by atoms with Crippen LogP contribution in [0.25, 0.3) is 0 Å². The van der Waals surface area contributed by atoms with Crippen LogP contribution in [0.4, 0.5) is 5.69 Å². The lowest BCUT2D eigenvalue weighted by molar-refractivity contribution is 0.529. The molecule has 0 fully saturated rings. The summed E-state index contributed by atoms with van der Waals surface area (Å²) in [6.45, 7) is 8.04. The number of rotatable bonds is 6. The van der Waals surface area contributed by atoms with E-state index in [0.717, 1.165) is 23.3 Å². The van der Waals surface area contributed by atoms with Crippen molar-refractivity contribution < 1.29 is 4.42 Å². The Bertz CT molecular complexity index is 592. The second-order valence-corrected chi connectivity index (χ2v) is 6.53. The average Bonchev–Trinajstić information content (AvgIpc) is 2.82. The van der Waals surface area contributed by atoms with Gasteiger partial charge in [-0.1, -0.05) is 19.9 Å². The molecule has 4 heteroatoms. The Labute approximate surface area is 135 Å². The van der Waals surface area contributed by atoms with Gasteiger partial charge >= 0.3 is 0 Å². The van der Waals surface area contributed by atoms with Crippen LogP contribution in [-0.2, 0) is 13.1 Å². The first-order valence-corrected chi connectivity index (χ1v) is 8.02. The second-order valence-electron chi connectivity index (χ2n) is 5.68. The van der Waals surface area contributed by atoms with Crippen LogP contribution in [0.1, 0.15) is 30.7 Å². The minimum atomic E-state index is 0.496. The molecule has 1 N–H and O–H groups in total. The number of nitrogens with one attached hydrogen (secondary N) is 1. The average molecular weight is 351 g/mol. The fraction of sp³-hybridized carbons (Fsp3) is 0.412. The highest BCUT2D eigenvalue weighted by molar-refractivity contribution is 9.10. The first-order valence-electron chi connectivity index (χ1n) is 7.23. The largest absolute Gasteiger partial charge is 0.469 e. The lowest BCUT2D eigenvalue weighted by atomic mass is 10.1. The number of halogens is 1. The van der Waals surface area contributed by atoms with Crippen molar-refractivity contribution in [2.45, 2.75) is 39.9 Å². The Kier molecular flexibility index (Phi) is 5.48. The summed E-state index contributed by atoms with van der Waals surface area (Å²) in [7, 11) is 2.10. The van der Waals surface area contributed by atoms with E-state index in [9.17, 15) is 0 Å². The zero-order chi connectivity index (χ0) is 15.4. The lowest BCUT2D eigenvalue weighted by Gasteiger charge is -2.21. The summed E-state index contributed by atoms with van der Waals surface area (Å²) in [5.41, 5.74) is 3.69. The molecule has 1 aromatic heterocycles. The molecule has 0 radical (unpaired) electrons. The molecule has 0 atom stereocenters. The number of hydrogen-bond donors (Lipinski definition) is 1. The molecule has 3 nitrogen and oxygen atoms in total. The summed E-state index contributed by atoms with van der Waals surface area (Å²) < 4.78 is 6.48. The molecule has 0 aliphatic heterocycles. The molecule has 1 aromatic carbocycles. The molecular weight excluding hydrogens is 328 g/mol. The van der Waals surface area contributed by atoms with Crippen LogP contribution in [0.5, 0.6) is 0 Å². The Balaban J connectivity index is 2.07. The summed E-state index contributed by atoms with van der Waals surface area (Å²) in [6.07, 6.45) is 1.74. The van der Waals surface area contributed by atoms with Crippen LogP contribution in [0.3, 0.4) is 0 Å². The fourth-order valence-corrected chi connectivity index (χ4v) is 2.94. The van der Waals surface area contributed by atoms with E-state index in [4.69, 9.17) is 4.42 Å². The summed E-state index contributed by atoms with van der Waals surface area (Å²) in [5.74, 6) is 0.982. The Morgan fingerprint density at radius 1 is 1.29 bits per heavy atom. The van der Waals surface area contributed by atoms with Gasteiger partial charge in [0.05, 0.1) is 12.0 Å². The van der Waals surface area contributed by atoms with Crippen LogP contribution in [0, 0.1) is 6.92 Å². The minimum absolute atomic E-state index is 0.496. The van der Waals surface area contributed by atoms with Crippen molar-refractivity contribution in [2.75, 3.05) is 11.9 Å². The molecule has 0 saturated carbocycles. The first kappa shape index (κ1) is 16.1. The predicted octanol–water partition coefficient (Wildman–Crippen LogP) is 4.48. The van der Waals surface area contributed by atoms with Gasteiger partial charge in [0.2, 0.25) is 0 Å². The van der Waals surface area contributed by atoms with E-state index in [1.165, 1.54) is 16.8 Å². The molecule has 1 heterocycles. The molecular formula is C17H23BrN2O. The van der Waals surface area contributed by atoms with E-state index in [-0.39, 0.29) is 0 Å². The van der Waals surface area contributed by atoms with Crippen molar-refractivity contribution in [1.82, 2.24) is 5.32 Å². The Hall–Kier alpha value is -1.26. The van der Waals surface area contributed by atoms with Crippen molar-refractivity contribution in [1.29, 1.82) is 0 Å². The predicted molar refractivity (Wildman–Crippen MR) is 91.7 cm³/mol. The van der Waals surface area contributed by atoms with E-state index in [0.29, 0.717) is 6.04 Å². The lowest BCUT2D eigenvalue weighted by Crippen LogP contribution is -2.22. The molecule has 0 bridgehead atoms. The molecule has 0 amide bonds. The van der Waals surface area contributed by atoms with E-state index < -0.39 is 0 Å². The summed E-state index contributed by atoms with van der Waals surface area (Å²) >= 11 is 3.68. The second kappa shape index (κ2) is 7.14. The molecule has 0 saturated heterocycles. The van der Waals surface area contributed by atoms with E-state index >= 15 is 0 Å². The van der Waals surface area contributed by atoms with Gasteiger partial charge in [0, 0.05) is 36.2 Å². The SMILES string of the molecule is Cc1occc1CN(C)c1ccc(CNC(C)C)cc1Br. The van der Waals surface area contributed by atoms with Crippen LogP contribution < -0.4 is 10.2 Å². The zero-order valence-electron chi connectivity index (χ0n) is 13.1. The Morgan fingerprint density at radius 2 is 2.05 bits per heavy atom. The highest BCUT2D eigenvalue weighted by atomic mass is 79.9. The number of hydrogen-bond acceptors (Lipinski definition) is 3. The van der Waals surface area contributed by atoms with Crippen molar-refractivity contribution in [3.8, 4) is 0 Å². The molecule has 0 aliphatic rings. The highest BCUT2D eigenvalue weighted by Gasteiger charge is 2.10. The molecule has 2 aromatic rings. The number of furan rings is 1. The van der Waals surface area contributed by atoms with Crippen molar-refractivity contribution >= 4 is 21.6 Å². The third kappa shape index (κ3) is 4.35. The fourth-order valence-electron chi connectivity index (χ4n) is 2.21. The topological polar surface area (TPSA) is 28.4 Å². The summed E-state index contributed by atoms with van der Waals surface area (Å²) in [5, 5.41) is 3.43. The van der Waals surface area contributed by atoms with Gasteiger partial charge in [-0.25, -0.2) is 0 Å². The van der Waals surface area contributed by atoms with E-state index in [2.05, 4.69) is 65.2 Å². The number of nitrogens with zero attached hydrogens (tertiary/aromatic N) is 1. The Morgan fingerprint density at radius 3 is 2.62 bits per heavy atom. The standard InChI is InChI=1S/C17H23BrN2O/c1-12(2)19-10-14-5-6-17(16(18)9-14)20(4)11-15-7-8-21-13(15)3/h5-9,12,19H,10-11H2,1-4H3. The minimum Gasteiger partial charge on any atom is -0.469 e. The molecule has 21 heavy (non-hydrogen) atoms. The van der Waals surface area contributed by atoms with Crippen LogP contribution >= 0.6 is 15.9 Å². The van der Waals surface area contributed by atoms with Gasteiger partial charge in [0.1, 0.15) is 5.76 Å².